The van der Waals surface area contributed by atoms with E-state index in [0.717, 1.165) is 48.1 Å². The lowest BCUT2D eigenvalue weighted by molar-refractivity contribution is -0.420. The maximum atomic E-state index is 13.0. The molecule has 2 aromatic rings. The summed E-state index contributed by atoms with van der Waals surface area (Å²) in [5.74, 6) is -1.43. The van der Waals surface area contributed by atoms with Crippen LogP contribution in [0.2, 0.25) is 0 Å². The molecule has 3 nitrogen and oxygen atoms in total. The summed E-state index contributed by atoms with van der Waals surface area (Å²) in [6, 6.07) is 13.2. The predicted octanol–water partition coefficient (Wildman–Crippen LogP) is 10.1. The quantitative estimate of drug-likeness (QED) is 0.158. The summed E-state index contributed by atoms with van der Waals surface area (Å²) in [6.45, 7) is 14.1. The van der Waals surface area contributed by atoms with E-state index in [1.165, 1.54) is 37.8 Å². The third kappa shape index (κ3) is 10.0. The van der Waals surface area contributed by atoms with Crippen molar-refractivity contribution in [3.8, 4) is 11.1 Å². The average Bonchev–Trinajstić information content (AvgIpc) is 2.82. The highest BCUT2D eigenvalue weighted by Crippen LogP contribution is 2.41. The SMILES string of the molecule is CCCCCCCCC(c1ccc(-c2ccc(C(F)(F)F)cc2)cc1)C(OC(C)C)(OC(C)C)OC(C)C. The molecular formula is C32H47F3O3. The van der Waals surface area contributed by atoms with Gasteiger partial charge in [-0.05, 0) is 76.8 Å². The van der Waals surface area contributed by atoms with E-state index in [9.17, 15) is 13.2 Å². The molecule has 0 fully saturated rings. The number of unbranched alkanes of at least 4 members (excludes halogenated alkanes) is 5. The highest BCUT2D eigenvalue weighted by molar-refractivity contribution is 5.64. The summed E-state index contributed by atoms with van der Waals surface area (Å²) >= 11 is 0. The highest BCUT2D eigenvalue weighted by atomic mass is 19.4. The number of alkyl halides is 3. The molecule has 0 radical (unpaired) electrons. The second-order valence-corrected chi connectivity index (χ2v) is 10.9. The lowest BCUT2D eigenvalue weighted by atomic mass is 9.88. The van der Waals surface area contributed by atoms with Gasteiger partial charge in [0.05, 0.1) is 29.8 Å². The first-order valence-electron chi connectivity index (χ1n) is 14.2. The van der Waals surface area contributed by atoms with Gasteiger partial charge in [0.1, 0.15) is 0 Å². The first kappa shape index (κ1) is 32.3. The number of benzene rings is 2. The summed E-state index contributed by atoms with van der Waals surface area (Å²) in [4.78, 5) is 0. The molecule has 214 valence electrons. The van der Waals surface area contributed by atoms with E-state index in [4.69, 9.17) is 14.2 Å². The molecule has 0 aliphatic heterocycles. The molecule has 2 aromatic carbocycles. The zero-order chi connectivity index (χ0) is 28.3. The van der Waals surface area contributed by atoms with E-state index in [1.54, 1.807) is 0 Å². The molecule has 0 saturated heterocycles. The van der Waals surface area contributed by atoms with Crippen molar-refractivity contribution in [3.05, 3.63) is 59.7 Å². The van der Waals surface area contributed by atoms with Crippen LogP contribution in [0.3, 0.4) is 0 Å². The van der Waals surface area contributed by atoms with Crippen LogP contribution in [0.5, 0.6) is 0 Å². The van der Waals surface area contributed by atoms with Crippen LogP contribution in [0.4, 0.5) is 13.2 Å². The predicted molar refractivity (Wildman–Crippen MR) is 149 cm³/mol. The Bertz CT molecular complexity index is 892. The van der Waals surface area contributed by atoms with Crippen molar-refractivity contribution in [2.45, 2.75) is 130 Å². The molecule has 2 rings (SSSR count). The van der Waals surface area contributed by atoms with Crippen molar-refractivity contribution in [1.29, 1.82) is 0 Å². The number of halogens is 3. The van der Waals surface area contributed by atoms with Gasteiger partial charge in [-0.3, -0.25) is 0 Å². The van der Waals surface area contributed by atoms with Crippen molar-refractivity contribution in [3.63, 3.8) is 0 Å². The Morgan fingerprint density at radius 2 is 1.03 bits per heavy atom. The fourth-order valence-corrected chi connectivity index (χ4v) is 4.75. The molecule has 0 aliphatic rings. The van der Waals surface area contributed by atoms with Gasteiger partial charge < -0.3 is 14.2 Å². The van der Waals surface area contributed by atoms with Gasteiger partial charge in [0.15, 0.2) is 0 Å². The van der Waals surface area contributed by atoms with Gasteiger partial charge in [0.25, 0.3) is 5.97 Å². The van der Waals surface area contributed by atoms with Gasteiger partial charge in [0, 0.05) is 0 Å². The standard InChI is InChI=1S/C32H47F3O3/c1-8-9-10-11-12-13-14-30(32(36-23(2)3,37-24(4)5)38-25(6)7)28-17-15-26(16-18-28)27-19-21-29(22-20-27)31(33,34)35/h15-25,30H,8-14H2,1-7H3. The largest absolute Gasteiger partial charge is 0.416 e. The van der Waals surface area contributed by atoms with E-state index < -0.39 is 17.7 Å². The third-order valence-electron chi connectivity index (χ3n) is 6.33. The Balaban J connectivity index is 2.42. The van der Waals surface area contributed by atoms with Crippen molar-refractivity contribution in [2.24, 2.45) is 0 Å². The Kier molecular flexibility index (Phi) is 12.8. The molecule has 0 spiro atoms. The van der Waals surface area contributed by atoms with Gasteiger partial charge in [0.2, 0.25) is 0 Å². The van der Waals surface area contributed by atoms with E-state index in [1.807, 2.05) is 65.8 Å². The van der Waals surface area contributed by atoms with Gasteiger partial charge in [-0.2, -0.15) is 13.2 Å². The second kappa shape index (κ2) is 15.0. The monoisotopic (exact) mass is 536 g/mol. The van der Waals surface area contributed by atoms with Gasteiger partial charge in [-0.25, -0.2) is 0 Å². The minimum Gasteiger partial charge on any atom is -0.324 e. The average molecular weight is 537 g/mol. The molecule has 0 N–H and O–H groups in total. The van der Waals surface area contributed by atoms with Gasteiger partial charge in [-0.1, -0.05) is 81.8 Å². The molecule has 0 aromatic heterocycles. The molecular weight excluding hydrogens is 489 g/mol. The highest BCUT2D eigenvalue weighted by Gasteiger charge is 2.46. The molecule has 1 unspecified atom stereocenters. The van der Waals surface area contributed by atoms with Crippen LogP contribution < -0.4 is 0 Å². The summed E-state index contributed by atoms with van der Waals surface area (Å²) in [5, 5.41) is 0. The van der Waals surface area contributed by atoms with E-state index >= 15 is 0 Å². The number of rotatable bonds is 16. The first-order chi connectivity index (χ1) is 17.9. The molecule has 0 aliphatic carbocycles. The molecule has 0 saturated carbocycles. The van der Waals surface area contributed by atoms with Crippen molar-refractivity contribution >= 4 is 0 Å². The van der Waals surface area contributed by atoms with Crippen molar-refractivity contribution in [2.75, 3.05) is 0 Å². The summed E-state index contributed by atoms with van der Waals surface area (Å²) in [6.07, 6.45) is 3.16. The smallest absolute Gasteiger partial charge is 0.324 e. The van der Waals surface area contributed by atoms with Crippen LogP contribution in [0, 0.1) is 0 Å². The van der Waals surface area contributed by atoms with Gasteiger partial charge in [-0.15, -0.1) is 0 Å². The fourth-order valence-electron chi connectivity index (χ4n) is 4.75. The molecule has 1 atom stereocenters. The second-order valence-electron chi connectivity index (χ2n) is 10.9. The normalized spacial score (nSPS) is 13.6. The molecule has 0 bridgehead atoms. The minimum atomic E-state index is -4.35. The van der Waals surface area contributed by atoms with Crippen LogP contribution in [0.15, 0.2) is 48.5 Å². The van der Waals surface area contributed by atoms with Crippen LogP contribution in [0.25, 0.3) is 11.1 Å². The van der Waals surface area contributed by atoms with E-state index in [0.29, 0.717) is 0 Å². The number of hydrogen-bond acceptors (Lipinski definition) is 3. The molecule has 0 heterocycles. The number of ether oxygens (including phenoxy) is 3. The Labute approximate surface area is 228 Å². The van der Waals surface area contributed by atoms with Crippen LogP contribution in [-0.2, 0) is 20.4 Å². The van der Waals surface area contributed by atoms with E-state index in [2.05, 4.69) is 6.92 Å². The van der Waals surface area contributed by atoms with Crippen LogP contribution >= 0.6 is 0 Å². The summed E-state index contributed by atoms with van der Waals surface area (Å²) in [7, 11) is 0. The lowest BCUT2D eigenvalue weighted by Crippen LogP contribution is -2.49. The first-order valence-corrected chi connectivity index (χ1v) is 14.2. The zero-order valence-electron chi connectivity index (χ0n) is 24.2. The lowest BCUT2D eigenvalue weighted by Gasteiger charge is -2.43. The van der Waals surface area contributed by atoms with Crippen molar-refractivity contribution in [1.82, 2.24) is 0 Å². The number of hydrogen-bond donors (Lipinski definition) is 0. The summed E-state index contributed by atoms with van der Waals surface area (Å²) < 4.78 is 58.4. The third-order valence-corrected chi connectivity index (χ3v) is 6.33. The molecule has 38 heavy (non-hydrogen) atoms. The maximum absolute atomic E-state index is 13.0. The van der Waals surface area contributed by atoms with Crippen LogP contribution in [-0.4, -0.2) is 24.3 Å². The zero-order valence-corrected chi connectivity index (χ0v) is 24.2. The van der Waals surface area contributed by atoms with E-state index in [-0.39, 0.29) is 24.2 Å². The fraction of sp³-hybridized carbons (Fsp3) is 0.625. The van der Waals surface area contributed by atoms with Gasteiger partial charge >= 0.3 is 6.18 Å². The Morgan fingerprint density at radius 1 is 0.605 bits per heavy atom. The van der Waals surface area contributed by atoms with Crippen LogP contribution in [0.1, 0.15) is 110 Å². The maximum Gasteiger partial charge on any atom is 0.416 e. The Morgan fingerprint density at radius 3 is 1.45 bits per heavy atom. The summed E-state index contributed by atoms with van der Waals surface area (Å²) in [5.41, 5.74) is 1.96. The topological polar surface area (TPSA) is 27.7 Å². The molecule has 0 amide bonds. The molecule has 6 heteroatoms. The Hall–Kier alpha value is -1.89. The van der Waals surface area contributed by atoms with Crippen molar-refractivity contribution < 1.29 is 27.4 Å². The minimum absolute atomic E-state index is 0.119.